The highest BCUT2D eigenvalue weighted by Gasteiger charge is 2.52. The maximum atomic E-state index is 12.5. The number of carbonyl (C=O) groups excluding carboxylic acids is 1. The van der Waals surface area contributed by atoms with Gasteiger partial charge in [-0.3, -0.25) is 9.89 Å². The van der Waals surface area contributed by atoms with E-state index in [0.29, 0.717) is 17.0 Å². The Morgan fingerprint density at radius 1 is 1.28 bits per heavy atom. The number of para-hydroxylation sites is 1. The van der Waals surface area contributed by atoms with Gasteiger partial charge in [-0.1, -0.05) is 6.07 Å². The lowest BCUT2D eigenvalue weighted by Gasteiger charge is -2.56. The van der Waals surface area contributed by atoms with Gasteiger partial charge < -0.3 is 9.84 Å². The van der Waals surface area contributed by atoms with Crippen LogP contribution in [0.2, 0.25) is 0 Å². The van der Waals surface area contributed by atoms with E-state index >= 15 is 0 Å². The van der Waals surface area contributed by atoms with Crippen LogP contribution in [0.15, 0.2) is 29.4 Å². The van der Waals surface area contributed by atoms with E-state index in [2.05, 4.69) is 20.7 Å². The van der Waals surface area contributed by atoms with Gasteiger partial charge in [-0.25, -0.2) is 5.43 Å². The summed E-state index contributed by atoms with van der Waals surface area (Å²) in [6.07, 6.45) is 9.19. The monoisotopic (exact) mass is 394 g/mol. The molecule has 0 saturated heterocycles. The third kappa shape index (κ3) is 3.18. The Balaban J connectivity index is 1.28. The van der Waals surface area contributed by atoms with Crippen molar-refractivity contribution in [3.8, 4) is 11.5 Å². The van der Waals surface area contributed by atoms with Crippen LogP contribution in [-0.2, 0) is 5.41 Å². The summed E-state index contributed by atoms with van der Waals surface area (Å²) in [4.78, 5) is 12.5. The minimum Gasteiger partial charge on any atom is -0.504 e. The number of hydrogen-bond donors (Lipinski definition) is 3. The van der Waals surface area contributed by atoms with Crippen molar-refractivity contribution in [1.82, 2.24) is 15.6 Å². The van der Waals surface area contributed by atoms with Gasteiger partial charge in [0.15, 0.2) is 17.2 Å². The average Bonchev–Trinajstić information content (AvgIpc) is 3.19. The Labute approximate surface area is 169 Å². The number of carbonyl (C=O) groups is 1. The van der Waals surface area contributed by atoms with Crippen LogP contribution in [0.3, 0.4) is 0 Å². The molecule has 0 radical (unpaired) electrons. The summed E-state index contributed by atoms with van der Waals surface area (Å²) in [7, 11) is 1.48. The first kappa shape index (κ1) is 18.2. The number of benzene rings is 1. The highest BCUT2D eigenvalue weighted by Crippen LogP contribution is 2.60. The number of hydrazone groups is 1. The fourth-order valence-corrected chi connectivity index (χ4v) is 6.18. The number of nitrogens with one attached hydrogen (secondary N) is 2. The van der Waals surface area contributed by atoms with Crippen molar-refractivity contribution in [3.05, 3.63) is 41.2 Å². The molecule has 4 aliphatic carbocycles. The number of hydrogen-bond acceptors (Lipinski definition) is 5. The minimum absolute atomic E-state index is 0.0168. The predicted octanol–water partition coefficient (Wildman–Crippen LogP) is 3.36. The van der Waals surface area contributed by atoms with Gasteiger partial charge in [-0.15, -0.1) is 0 Å². The summed E-state index contributed by atoms with van der Waals surface area (Å²) in [6, 6.07) is 6.99. The molecule has 4 bridgehead atoms. The number of amides is 1. The van der Waals surface area contributed by atoms with E-state index in [4.69, 9.17) is 4.74 Å². The Morgan fingerprint density at radius 3 is 2.62 bits per heavy atom. The number of methoxy groups -OCH3 is 1. The average molecular weight is 394 g/mol. The maximum absolute atomic E-state index is 12.5. The molecule has 0 spiro atoms. The number of phenols is 1. The highest BCUT2D eigenvalue weighted by atomic mass is 16.5. The zero-order chi connectivity index (χ0) is 20.0. The number of nitrogens with zero attached hydrogens (tertiary/aromatic N) is 2. The molecule has 0 aliphatic heterocycles. The molecule has 152 valence electrons. The van der Waals surface area contributed by atoms with E-state index in [9.17, 15) is 9.90 Å². The summed E-state index contributed by atoms with van der Waals surface area (Å²) in [5, 5.41) is 21.5. The van der Waals surface area contributed by atoms with E-state index in [-0.39, 0.29) is 17.1 Å². The zero-order valence-corrected chi connectivity index (χ0v) is 16.5. The SMILES string of the molecule is COc1cccc(/C=N/NC(=O)c2cc(C34CC5CC(CC(C5)C3)C4)[nH]n2)c1O. The molecule has 1 heterocycles. The van der Waals surface area contributed by atoms with Crippen LogP contribution in [0.1, 0.15) is 60.3 Å². The van der Waals surface area contributed by atoms with E-state index in [1.165, 1.54) is 51.8 Å². The van der Waals surface area contributed by atoms with E-state index in [0.717, 1.165) is 23.4 Å². The molecule has 3 N–H and O–H groups in total. The molecular formula is C22H26N4O3. The van der Waals surface area contributed by atoms with Crippen molar-refractivity contribution in [3.63, 3.8) is 0 Å². The summed E-state index contributed by atoms with van der Waals surface area (Å²) < 4.78 is 5.07. The third-order valence-corrected chi connectivity index (χ3v) is 7.04. The van der Waals surface area contributed by atoms with Crippen LogP contribution in [0, 0.1) is 17.8 Å². The second kappa shape index (κ2) is 6.90. The number of rotatable bonds is 5. The van der Waals surface area contributed by atoms with Crippen molar-refractivity contribution in [2.45, 2.75) is 43.9 Å². The normalized spacial score (nSPS) is 30.0. The van der Waals surface area contributed by atoms with Crippen LogP contribution in [-0.4, -0.2) is 34.5 Å². The summed E-state index contributed by atoms with van der Waals surface area (Å²) >= 11 is 0. The predicted molar refractivity (Wildman–Crippen MR) is 108 cm³/mol. The maximum Gasteiger partial charge on any atom is 0.291 e. The first-order chi connectivity index (χ1) is 14.1. The van der Waals surface area contributed by atoms with Crippen molar-refractivity contribution >= 4 is 12.1 Å². The zero-order valence-electron chi connectivity index (χ0n) is 16.5. The van der Waals surface area contributed by atoms with Crippen molar-refractivity contribution in [2.24, 2.45) is 22.9 Å². The van der Waals surface area contributed by atoms with Gasteiger partial charge in [0.05, 0.1) is 13.3 Å². The van der Waals surface area contributed by atoms with E-state index < -0.39 is 0 Å². The van der Waals surface area contributed by atoms with Crippen molar-refractivity contribution in [1.29, 1.82) is 0 Å². The van der Waals surface area contributed by atoms with Crippen molar-refractivity contribution < 1.29 is 14.6 Å². The molecule has 1 amide bonds. The van der Waals surface area contributed by atoms with Crippen LogP contribution in [0.25, 0.3) is 0 Å². The smallest absolute Gasteiger partial charge is 0.291 e. The molecule has 2 aromatic rings. The summed E-state index contributed by atoms with van der Waals surface area (Å²) in [5.41, 5.74) is 4.59. The number of aromatic amines is 1. The molecule has 1 aromatic carbocycles. The minimum atomic E-state index is -0.365. The first-order valence-electron chi connectivity index (χ1n) is 10.3. The highest BCUT2D eigenvalue weighted by molar-refractivity contribution is 5.93. The van der Waals surface area contributed by atoms with Crippen LogP contribution >= 0.6 is 0 Å². The molecule has 0 unspecified atom stereocenters. The fraction of sp³-hybridized carbons (Fsp3) is 0.500. The number of aromatic nitrogens is 2. The molecule has 1 aromatic heterocycles. The van der Waals surface area contributed by atoms with Gasteiger partial charge in [0.2, 0.25) is 0 Å². The standard InChI is InChI=1S/C22H26N4O3/c1-29-18-4-2-3-16(20(18)27)12-23-26-21(28)17-8-19(25-24-17)22-9-13-5-14(10-22)7-15(6-13)11-22/h2-4,8,12-15,27H,5-7,9-11H2,1H3,(H,24,25)(H,26,28)/b23-12+. The second-order valence-electron chi connectivity index (χ2n) is 8.96. The molecule has 7 heteroatoms. The molecule has 0 atom stereocenters. The van der Waals surface area contributed by atoms with Gasteiger partial charge in [0.25, 0.3) is 5.91 Å². The lowest BCUT2D eigenvalue weighted by atomic mass is 9.49. The first-order valence-corrected chi connectivity index (χ1v) is 10.3. The third-order valence-electron chi connectivity index (χ3n) is 7.04. The lowest BCUT2D eigenvalue weighted by Crippen LogP contribution is -2.48. The second-order valence-corrected chi connectivity index (χ2v) is 8.96. The lowest BCUT2D eigenvalue weighted by molar-refractivity contribution is -0.00721. The van der Waals surface area contributed by atoms with E-state index in [1.54, 1.807) is 18.2 Å². The van der Waals surface area contributed by atoms with Crippen LogP contribution in [0.5, 0.6) is 11.5 Å². The molecule has 4 fully saturated rings. The number of aromatic hydroxyl groups is 1. The Hall–Kier alpha value is -2.83. The Kier molecular flexibility index (Phi) is 4.33. The van der Waals surface area contributed by atoms with Gasteiger partial charge in [0, 0.05) is 16.7 Å². The van der Waals surface area contributed by atoms with Crippen LogP contribution < -0.4 is 10.2 Å². The Morgan fingerprint density at radius 2 is 1.97 bits per heavy atom. The van der Waals surface area contributed by atoms with E-state index in [1.807, 2.05) is 6.07 Å². The summed E-state index contributed by atoms with van der Waals surface area (Å²) in [6.45, 7) is 0. The number of ether oxygens (including phenoxy) is 1. The van der Waals surface area contributed by atoms with Gasteiger partial charge in [-0.05, 0) is 74.5 Å². The van der Waals surface area contributed by atoms with Gasteiger partial charge in [0.1, 0.15) is 0 Å². The largest absolute Gasteiger partial charge is 0.504 e. The summed E-state index contributed by atoms with van der Waals surface area (Å²) in [5.74, 6) is 2.48. The molecule has 4 saturated carbocycles. The molecule has 6 rings (SSSR count). The molecular weight excluding hydrogens is 368 g/mol. The molecule has 7 nitrogen and oxygen atoms in total. The quantitative estimate of drug-likeness (QED) is 0.535. The molecule has 4 aliphatic rings. The van der Waals surface area contributed by atoms with Gasteiger partial charge in [-0.2, -0.15) is 10.2 Å². The Bertz CT molecular complexity index is 929. The van der Waals surface area contributed by atoms with Crippen LogP contribution in [0.4, 0.5) is 0 Å². The number of H-pyrrole nitrogens is 1. The van der Waals surface area contributed by atoms with Crippen molar-refractivity contribution in [2.75, 3.05) is 7.11 Å². The fourth-order valence-electron chi connectivity index (χ4n) is 6.18. The van der Waals surface area contributed by atoms with Gasteiger partial charge >= 0.3 is 0 Å². The molecule has 29 heavy (non-hydrogen) atoms. The number of phenolic OH excluding ortho intramolecular Hbond substituents is 1. The topological polar surface area (TPSA) is 99.6 Å².